The lowest BCUT2D eigenvalue weighted by molar-refractivity contribution is 0.698. The molecule has 4 heteroatoms. The lowest BCUT2D eigenvalue weighted by Gasteiger charge is -2.10. The second-order valence-electron chi connectivity index (χ2n) is 4.22. The Morgan fingerprint density at radius 1 is 1.24 bits per heavy atom. The summed E-state index contributed by atoms with van der Waals surface area (Å²) in [5.41, 5.74) is 8.16. The molecule has 0 aliphatic heterocycles. The van der Waals surface area contributed by atoms with Gasteiger partial charge in [0.15, 0.2) is 0 Å². The van der Waals surface area contributed by atoms with Crippen molar-refractivity contribution >= 4 is 0 Å². The average molecular weight is 230 g/mol. The van der Waals surface area contributed by atoms with Crippen LogP contribution in [0.25, 0.3) is 5.69 Å². The number of aromatic nitrogens is 3. The monoisotopic (exact) mass is 230 g/mol. The van der Waals surface area contributed by atoms with Crippen molar-refractivity contribution in [2.45, 2.75) is 33.2 Å². The highest BCUT2D eigenvalue weighted by atomic mass is 15.3. The van der Waals surface area contributed by atoms with Crippen molar-refractivity contribution in [2.75, 3.05) is 0 Å². The summed E-state index contributed by atoms with van der Waals surface area (Å²) < 4.78 is 1.84. The standard InChI is InChI=1S/C13H18N4/c1-4-13(14)11-5-7-12(8-6-11)17-10(3)15-9(2)16-17/h5-8,13H,4,14H2,1-3H3/t13-/m0/s1. The van der Waals surface area contributed by atoms with Gasteiger partial charge in [-0.15, -0.1) is 0 Å². The van der Waals surface area contributed by atoms with E-state index in [1.54, 1.807) is 0 Å². The van der Waals surface area contributed by atoms with Gasteiger partial charge in [0.05, 0.1) is 5.69 Å². The maximum atomic E-state index is 5.98. The molecule has 0 amide bonds. The lowest BCUT2D eigenvalue weighted by Crippen LogP contribution is -2.08. The van der Waals surface area contributed by atoms with E-state index in [2.05, 4.69) is 29.1 Å². The van der Waals surface area contributed by atoms with Crippen LogP contribution in [0.4, 0.5) is 0 Å². The third-order valence-electron chi connectivity index (χ3n) is 2.88. The van der Waals surface area contributed by atoms with Crippen molar-refractivity contribution < 1.29 is 0 Å². The summed E-state index contributed by atoms with van der Waals surface area (Å²) in [6.45, 7) is 5.93. The zero-order valence-electron chi connectivity index (χ0n) is 10.5. The third kappa shape index (κ3) is 2.36. The van der Waals surface area contributed by atoms with Gasteiger partial charge in [-0.2, -0.15) is 5.10 Å². The lowest BCUT2D eigenvalue weighted by atomic mass is 10.1. The fourth-order valence-electron chi connectivity index (χ4n) is 1.86. The molecule has 2 N–H and O–H groups in total. The summed E-state index contributed by atoms with van der Waals surface area (Å²) in [6.07, 6.45) is 0.945. The first-order valence-electron chi connectivity index (χ1n) is 5.88. The van der Waals surface area contributed by atoms with Gasteiger partial charge in [-0.1, -0.05) is 19.1 Å². The molecule has 0 radical (unpaired) electrons. The van der Waals surface area contributed by atoms with E-state index in [1.165, 1.54) is 0 Å². The Morgan fingerprint density at radius 3 is 2.35 bits per heavy atom. The summed E-state index contributed by atoms with van der Waals surface area (Å²) >= 11 is 0. The molecule has 2 aromatic rings. The number of nitrogens with zero attached hydrogens (tertiary/aromatic N) is 3. The molecule has 0 bridgehead atoms. The number of nitrogens with two attached hydrogens (primary N) is 1. The molecular formula is C13H18N4. The van der Waals surface area contributed by atoms with Gasteiger partial charge in [0.1, 0.15) is 11.6 Å². The van der Waals surface area contributed by atoms with Crippen LogP contribution in [0.15, 0.2) is 24.3 Å². The summed E-state index contributed by atoms with van der Waals surface area (Å²) in [5.74, 6) is 1.69. The average Bonchev–Trinajstić information content (AvgIpc) is 2.68. The third-order valence-corrected chi connectivity index (χ3v) is 2.88. The Balaban J connectivity index is 2.32. The molecule has 0 saturated heterocycles. The van der Waals surface area contributed by atoms with Crippen LogP contribution in [0.1, 0.15) is 36.6 Å². The fourth-order valence-corrected chi connectivity index (χ4v) is 1.86. The molecule has 1 heterocycles. The van der Waals surface area contributed by atoms with Gasteiger partial charge in [-0.25, -0.2) is 9.67 Å². The summed E-state index contributed by atoms with van der Waals surface area (Å²) in [4.78, 5) is 4.29. The Kier molecular flexibility index (Phi) is 3.24. The van der Waals surface area contributed by atoms with Crippen LogP contribution >= 0.6 is 0 Å². The van der Waals surface area contributed by atoms with Crippen molar-refractivity contribution in [1.29, 1.82) is 0 Å². The van der Waals surface area contributed by atoms with Crippen molar-refractivity contribution in [2.24, 2.45) is 5.73 Å². The van der Waals surface area contributed by atoms with Crippen LogP contribution < -0.4 is 5.73 Å². The normalized spacial score (nSPS) is 12.7. The maximum absolute atomic E-state index is 5.98. The van der Waals surface area contributed by atoms with Crippen molar-refractivity contribution in [3.8, 4) is 5.69 Å². The first kappa shape index (κ1) is 11.8. The van der Waals surface area contributed by atoms with Gasteiger partial charge in [-0.3, -0.25) is 0 Å². The maximum Gasteiger partial charge on any atom is 0.148 e. The predicted molar refractivity (Wildman–Crippen MR) is 68.1 cm³/mol. The van der Waals surface area contributed by atoms with Gasteiger partial charge in [-0.05, 0) is 38.0 Å². The van der Waals surface area contributed by atoms with Crippen molar-refractivity contribution in [3.63, 3.8) is 0 Å². The molecule has 0 aliphatic carbocycles. The largest absolute Gasteiger partial charge is 0.324 e. The molecule has 2 rings (SSSR count). The molecule has 17 heavy (non-hydrogen) atoms. The first-order chi connectivity index (χ1) is 8.11. The van der Waals surface area contributed by atoms with E-state index < -0.39 is 0 Å². The van der Waals surface area contributed by atoms with Crippen LogP contribution in [-0.2, 0) is 0 Å². The van der Waals surface area contributed by atoms with E-state index in [9.17, 15) is 0 Å². The van der Waals surface area contributed by atoms with E-state index in [0.29, 0.717) is 0 Å². The minimum Gasteiger partial charge on any atom is -0.324 e. The van der Waals surface area contributed by atoms with Crippen LogP contribution in [-0.4, -0.2) is 14.8 Å². The molecule has 1 aromatic heterocycles. The smallest absolute Gasteiger partial charge is 0.148 e. The molecule has 4 nitrogen and oxygen atoms in total. The summed E-state index contributed by atoms with van der Waals surface area (Å²) in [7, 11) is 0. The van der Waals surface area contributed by atoms with Crippen LogP contribution in [0, 0.1) is 13.8 Å². The fraction of sp³-hybridized carbons (Fsp3) is 0.385. The Morgan fingerprint density at radius 2 is 1.88 bits per heavy atom. The minimum absolute atomic E-state index is 0.114. The topological polar surface area (TPSA) is 56.7 Å². The molecule has 0 aliphatic rings. The van der Waals surface area contributed by atoms with E-state index in [1.807, 2.05) is 30.7 Å². The van der Waals surface area contributed by atoms with E-state index in [-0.39, 0.29) is 6.04 Å². The predicted octanol–water partition coefficient (Wildman–Crippen LogP) is 2.29. The van der Waals surface area contributed by atoms with E-state index in [0.717, 1.165) is 29.3 Å². The molecular weight excluding hydrogens is 212 g/mol. The van der Waals surface area contributed by atoms with Gasteiger partial charge < -0.3 is 5.73 Å². The zero-order valence-corrected chi connectivity index (χ0v) is 10.5. The van der Waals surface area contributed by atoms with Crippen molar-refractivity contribution in [1.82, 2.24) is 14.8 Å². The van der Waals surface area contributed by atoms with Gasteiger partial charge in [0, 0.05) is 6.04 Å². The van der Waals surface area contributed by atoms with E-state index in [4.69, 9.17) is 5.73 Å². The number of hydrogen-bond acceptors (Lipinski definition) is 3. The van der Waals surface area contributed by atoms with Crippen molar-refractivity contribution in [3.05, 3.63) is 41.5 Å². The molecule has 90 valence electrons. The molecule has 0 saturated carbocycles. The first-order valence-corrected chi connectivity index (χ1v) is 5.88. The van der Waals surface area contributed by atoms with E-state index >= 15 is 0 Å². The Hall–Kier alpha value is -1.68. The second-order valence-corrected chi connectivity index (χ2v) is 4.22. The van der Waals surface area contributed by atoms with Gasteiger partial charge >= 0.3 is 0 Å². The van der Waals surface area contributed by atoms with Crippen LogP contribution in [0.2, 0.25) is 0 Å². The summed E-state index contributed by atoms with van der Waals surface area (Å²) in [6, 6.07) is 8.29. The zero-order chi connectivity index (χ0) is 12.4. The highest BCUT2D eigenvalue weighted by Gasteiger charge is 2.06. The van der Waals surface area contributed by atoms with Crippen LogP contribution in [0.5, 0.6) is 0 Å². The molecule has 0 spiro atoms. The molecule has 1 atom stereocenters. The number of rotatable bonds is 3. The Bertz CT molecular complexity index is 499. The van der Waals surface area contributed by atoms with Gasteiger partial charge in [0.25, 0.3) is 0 Å². The molecule has 0 fully saturated rings. The minimum atomic E-state index is 0.114. The highest BCUT2D eigenvalue weighted by molar-refractivity contribution is 5.35. The quantitative estimate of drug-likeness (QED) is 0.880. The SMILES string of the molecule is CC[C@H](N)c1ccc(-n2nc(C)nc2C)cc1. The van der Waals surface area contributed by atoms with Gasteiger partial charge in [0.2, 0.25) is 0 Å². The molecule has 1 aromatic carbocycles. The van der Waals surface area contributed by atoms with Crippen LogP contribution in [0.3, 0.4) is 0 Å². The highest BCUT2D eigenvalue weighted by Crippen LogP contribution is 2.16. The second kappa shape index (κ2) is 4.67. The number of aryl methyl sites for hydroxylation is 2. The summed E-state index contributed by atoms with van der Waals surface area (Å²) in [5, 5.41) is 4.35. The Labute approximate surface area is 101 Å². The molecule has 0 unspecified atom stereocenters. The number of benzene rings is 1. The number of hydrogen-bond donors (Lipinski definition) is 1.